The van der Waals surface area contributed by atoms with Gasteiger partial charge in [0.05, 0.1) is 11.3 Å². The first-order valence-electron chi connectivity index (χ1n) is 6.34. The molecule has 2 aromatic carbocycles. The summed E-state index contributed by atoms with van der Waals surface area (Å²) in [7, 11) is 0. The summed E-state index contributed by atoms with van der Waals surface area (Å²) < 4.78 is 38.1. The third-order valence-corrected chi connectivity index (χ3v) is 3.11. The molecule has 0 amide bonds. The van der Waals surface area contributed by atoms with Gasteiger partial charge in [-0.15, -0.1) is 0 Å². The predicted molar refractivity (Wildman–Crippen MR) is 75.9 cm³/mol. The van der Waals surface area contributed by atoms with Crippen LogP contribution in [0.15, 0.2) is 42.5 Å². The maximum atomic E-state index is 12.7. The van der Waals surface area contributed by atoms with Crippen molar-refractivity contribution >= 4 is 17.2 Å². The number of anilines is 2. The van der Waals surface area contributed by atoms with E-state index in [9.17, 15) is 18.0 Å². The lowest BCUT2D eigenvalue weighted by molar-refractivity contribution is -0.137. The Kier molecular flexibility index (Phi) is 4.02. The van der Waals surface area contributed by atoms with E-state index in [-0.39, 0.29) is 5.78 Å². The van der Waals surface area contributed by atoms with Crippen LogP contribution in [0.3, 0.4) is 0 Å². The second-order valence-corrected chi connectivity index (χ2v) is 4.76. The fourth-order valence-corrected chi connectivity index (χ4v) is 2.04. The number of carbonyl (C=O) groups excluding carboxylic acids is 1. The molecule has 0 heterocycles. The summed E-state index contributed by atoms with van der Waals surface area (Å²) in [4.78, 5) is 11.6. The van der Waals surface area contributed by atoms with Crippen LogP contribution in [0.25, 0.3) is 0 Å². The molecule has 0 aliphatic rings. The molecule has 2 nitrogen and oxygen atoms in total. The molecule has 2 rings (SSSR count). The number of hydrogen-bond acceptors (Lipinski definition) is 2. The molecule has 5 heteroatoms. The van der Waals surface area contributed by atoms with E-state index in [1.807, 2.05) is 0 Å². The van der Waals surface area contributed by atoms with Gasteiger partial charge in [0.1, 0.15) is 0 Å². The Morgan fingerprint density at radius 2 is 1.76 bits per heavy atom. The quantitative estimate of drug-likeness (QED) is 0.810. The van der Waals surface area contributed by atoms with E-state index in [1.165, 1.54) is 19.1 Å². The summed E-state index contributed by atoms with van der Waals surface area (Å²) in [5, 5.41) is 2.91. The van der Waals surface area contributed by atoms with E-state index in [1.54, 1.807) is 25.1 Å². The normalized spacial score (nSPS) is 11.3. The fourth-order valence-electron chi connectivity index (χ4n) is 2.04. The van der Waals surface area contributed by atoms with Gasteiger partial charge in [0.15, 0.2) is 5.78 Å². The molecule has 21 heavy (non-hydrogen) atoms. The molecule has 0 spiro atoms. The highest BCUT2D eigenvalue weighted by Gasteiger charge is 2.30. The average Bonchev–Trinajstić information content (AvgIpc) is 2.40. The van der Waals surface area contributed by atoms with E-state index < -0.39 is 11.7 Å². The van der Waals surface area contributed by atoms with Crippen molar-refractivity contribution in [3.05, 3.63) is 59.2 Å². The molecule has 0 saturated carbocycles. The van der Waals surface area contributed by atoms with Gasteiger partial charge in [-0.1, -0.05) is 18.2 Å². The molecule has 0 aromatic heterocycles. The van der Waals surface area contributed by atoms with Crippen LogP contribution >= 0.6 is 0 Å². The summed E-state index contributed by atoms with van der Waals surface area (Å²) in [6, 6.07) is 10.1. The first kappa shape index (κ1) is 15.1. The fraction of sp³-hybridized carbons (Fsp3) is 0.188. The number of alkyl halides is 3. The SMILES string of the molecule is CC(=O)c1cccc(C)c1Nc1cccc(C(F)(F)F)c1. The molecule has 2 aromatic rings. The van der Waals surface area contributed by atoms with Gasteiger partial charge in [0.2, 0.25) is 0 Å². The van der Waals surface area contributed by atoms with Crippen molar-refractivity contribution in [3.8, 4) is 0 Å². The van der Waals surface area contributed by atoms with Gasteiger partial charge in [-0.05, 0) is 43.7 Å². The number of aryl methyl sites for hydroxylation is 1. The van der Waals surface area contributed by atoms with Crippen LogP contribution in [-0.4, -0.2) is 5.78 Å². The number of carbonyl (C=O) groups is 1. The molecule has 0 bridgehead atoms. The molecule has 0 saturated heterocycles. The Morgan fingerprint density at radius 1 is 1.10 bits per heavy atom. The van der Waals surface area contributed by atoms with Crippen LogP contribution in [0.2, 0.25) is 0 Å². The average molecular weight is 293 g/mol. The summed E-state index contributed by atoms with van der Waals surface area (Å²) in [5.74, 6) is -0.145. The Balaban J connectivity index is 2.42. The van der Waals surface area contributed by atoms with Crippen LogP contribution in [0.1, 0.15) is 28.4 Å². The molecular formula is C16H14F3NO. The second-order valence-electron chi connectivity index (χ2n) is 4.76. The molecule has 0 aliphatic heterocycles. The molecule has 0 fully saturated rings. The molecular weight excluding hydrogens is 279 g/mol. The summed E-state index contributed by atoms with van der Waals surface area (Å²) >= 11 is 0. The zero-order valence-electron chi connectivity index (χ0n) is 11.6. The molecule has 1 N–H and O–H groups in total. The van der Waals surface area contributed by atoms with Gasteiger partial charge in [-0.3, -0.25) is 4.79 Å². The molecule has 0 aliphatic carbocycles. The van der Waals surface area contributed by atoms with E-state index in [2.05, 4.69) is 5.32 Å². The topological polar surface area (TPSA) is 29.1 Å². The smallest absolute Gasteiger partial charge is 0.355 e. The number of benzene rings is 2. The van der Waals surface area contributed by atoms with Crippen LogP contribution in [-0.2, 0) is 6.18 Å². The Labute approximate surface area is 120 Å². The number of nitrogens with one attached hydrogen (secondary N) is 1. The Morgan fingerprint density at radius 3 is 2.38 bits per heavy atom. The van der Waals surface area contributed by atoms with Crippen molar-refractivity contribution in [1.82, 2.24) is 0 Å². The van der Waals surface area contributed by atoms with E-state index in [4.69, 9.17) is 0 Å². The number of ketones is 1. The number of halogens is 3. The van der Waals surface area contributed by atoms with Crippen molar-refractivity contribution in [1.29, 1.82) is 0 Å². The minimum atomic E-state index is -4.40. The van der Waals surface area contributed by atoms with E-state index >= 15 is 0 Å². The Bertz CT molecular complexity index is 677. The maximum Gasteiger partial charge on any atom is 0.416 e. The van der Waals surface area contributed by atoms with Crippen molar-refractivity contribution in [3.63, 3.8) is 0 Å². The summed E-state index contributed by atoms with van der Waals surface area (Å²) in [5.41, 5.74) is 1.34. The first-order valence-corrected chi connectivity index (χ1v) is 6.34. The molecule has 0 unspecified atom stereocenters. The minimum absolute atomic E-state index is 0.145. The zero-order chi connectivity index (χ0) is 15.6. The lowest BCUT2D eigenvalue weighted by Gasteiger charge is -2.15. The van der Waals surface area contributed by atoms with Crippen LogP contribution < -0.4 is 5.32 Å². The maximum absolute atomic E-state index is 12.7. The predicted octanol–water partition coefficient (Wildman–Crippen LogP) is 4.96. The van der Waals surface area contributed by atoms with Gasteiger partial charge in [0, 0.05) is 11.3 Å². The van der Waals surface area contributed by atoms with Crippen LogP contribution in [0.5, 0.6) is 0 Å². The Hall–Kier alpha value is -2.30. The third kappa shape index (κ3) is 3.42. The highest BCUT2D eigenvalue weighted by molar-refractivity contribution is 6.00. The summed E-state index contributed by atoms with van der Waals surface area (Å²) in [6.45, 7) is 3.22. The minimum Gasteiger partial charge on any atom is -0.355 e. The third-order valence-electron chi connectivity index (χ3n) is 3.11. The largest absolute Gasteiger partial charge is 0.416 e. The van der Waals surface area contributed by atoms with Crippen molar-refractivity contribution in [2.24, 2.45) is 0 Å². The van der Waals surface area contributed by atoms with Gasteiger partial charge in [0.25, 0.3) is 0 Å². The molecule has 0 radical (unpaired) electrons. The highest BCUT2D eigenvalue weighted by Crippen LogP contribution is 2.32. The van der Waals surface area contributed by atoms with Crippen LogP contribution in [0.4, 0.5) is 24.5 Å². The summed E-state index contributed by atoms with van der Waals surface area (Å²) in [6.07, 6.45) is -4.40. The number of Topliss-reactive ketones (excluding diaryl/α,β-unsaturated/α-hetero) is 1. The second kappa shape index (κ2) is 5.60. The standard InChI is InChI=1S/C16H14F3NO/c1-10-5-3-8-14(11(2)21)15(10)20-13-7-4-6-12(9-13)16(17,18)19/h3-9,20H,1-2H3. The van der Waals surface area contributed by atoms with Gasteiger partial charge in [-0.25, -0.2) is 0 Å². The lowest BCUT2D eigenvalue weighted by Crippen LogP contribution is -2.06. The van der Waals surface area contributed by atoms with Crippen LogP contribution in [0, 0.1) is 6.92 Å². The molecule has 0 atom stereocenters. The van der Waals surface area contributed by atoms with Crippen molar-refractivity contribution in [2.45, 2.75) is 20.0 Å². The van der Waals surface area contributed by atoms with Gasteiger partial charge >= 0.3 is 6.18 Å². The number of rotatable bonds is 3. The van der Waals surface area contributed by atoms with E-state index in [0.29, 0.717) is 16.9 Å². The van der Waals surface area contributed by atoms with E-state index in [0.717, 1.165) is 17.7 Å². The monoisotopic (exact) mass is 293 g/mol. The van der Waals surface area contributed by atoms with Crippen molar-refractivity contribution < 1.29 is 18.0 Å². The number of para-hydroxylation sites is 1. The zero-order valence-corrected chi connectivity index (χ0v) is 11.6. The first-order chi connectivity index (χ1) is 9.79. The van der Waals surface area contributed by atoms with Crippen molar-refractivity contribution in [2.75, 3.05) is 5.32 Å². The van der Waals surface area contributed by atoms with Gasteiger partial charge < -0.3 is 5.32 Å². The molecule has 110 valence electrons. The highest BCUT2D eigenvalue weighted by atomic mass is 19.4. The number of hydrogen-bond donors (Lipinski definition) is 1. The lowest BCUT2D eigenvalue weighted by atomic mass is 10.0. The van der Waals surface area contributed by atoms with Gasteiger partial charge in [-0.2, -0.15) is 13.2 Å².